The van der Waals surface area contributed by atoms with Crippen molar-refractivity contribution in [3.63, 3.8) is 0 Å². The van der Waals surface area contributed by atoms with E-state index in [1.165, 1.54) is 12.1 Å². The number of para-hydroxylation sites is 1. The molecule has 0 saturated carbocycles. The Kier molecular flexibility index (Phi) is 3.70. The summed E-state index contributed by atoms with van der Waals surface area (Å²) < 4.78 is 1.58. The van der Waals surface area contributed by atoms with Gasteiger partial charge in [0.05, 0.1) is 11.2 Å². The molecular formula is C18H18N2O3. The highest BCUT2D eigenvalue weighted by Crippen LogP contribution is 2.27. The van der Waals surface area contributed by atoms with Crippen LogP contribution < -0.4 is 5.73 Å². The molecule has 118 valence electrons. The topological polar surface area (TPSA) is 88.5 Å². The van der Waals surface area contributed by atoms with Crippen molar-refractivity contribution in [1.29, 1.82) is 0 Å². The van der Waals surface area contributed by atoms with E-state index in [-0.39, 0.29) is 23.3 Å². The van der Waals surface area contributed by atoms with E-state index in [0.717, 1.165) is 16.5 Å². The molecule has 2 aromatic carbocycles. The van der Waals surface area contributed by atoms with Crippen molar-refractivity contribution in [3.05, 3.63) is 54.2 Å². The fraction of sp³-hybridized carbons (Fsp3) is 0.167. The average molecular weight is 310 g/mol. The van der Waals surface area contributed by atoms with Gasteiger partial charge in [-0.1, -0.05) is 25.1 Å². The number of hydrogen-bond acceptors (Lipinski definition) is 4. The molecule has 0 amide bonds. The van der Waals surface area contributed by atoms with E-state index in [2.05, 4.69) is 0 Å². The number of nitrogens with zero attached hydrogens (tertiary/aromatic N) is 1. The number of phenols is 2. The van der Waals surface area contributed by atoms with E-state index in [1.807, 2.05) is 25.1 Å². The molecule has 0 aliphatic heterocycles. The van der Waals surface area contributed by atoms with E-state index in [1.54, 1.807) is 22.9 Å². The molecule has 1 atom stereocenters. The Morgan fingerprint density at radius 2 is 1.96 bits per heavy atom. The minimum absolute atomic E-state index is 0.0644. The second kappa shape index (κ2) is 5.68. The number of carbonyl (C=O) groups excluding carboxylic acids is 1. The first kappa shape index (κ1) is 15.0. The van der Waals surface area contributed by atoms with Crippen LogP contribution in [-0.2, 0) is 6.42 Å². The lowest BCUT2D eigenvalue weighted by molar-refractivity contribution is 0.0850. The second-order valence-corrected chi connectivity index (χ2v) is 5.74. The van der Waals surface area contributed by atoms with Crippen LogP contribution in [0.4, 0.5) is 5.69 Å². The Bertz CT molecular complexity index is 883. The number of benzene rings is 2. The molecule has 0 radical (unpaired) electrons. The first-order valence-corrected chi connectivity index (χ1v) is 7.38. The molecule has 3 aromatic rings. The Morgan fingerprint density at radius 1 is 1.17 bits per heavy atom. The number of carbonyl (C=O) groups is 1. The summed E-state index contributed by atoms with van der Waals surface area (Å²) >= 11 is 0. The number of aromatic hydroxyl groups is 2. The summed E-state index contributed by atoms with van der Waals surface area (Å²) in [4.78, 5) is 12.7. The quantitative estimate of drug-likeness (QED) is 0.512. The zero-order valence-corrected chi connectivity index (χ0v) is 12.7. The molecule has 5 nitrogen and oxygen atoms in total. The third-order valence-electron chi connectivity index (χ3n) is 3.98. The van der Waals surface area contributed by atoms with Crippen molar-refractivity contribution >= 4 is 22.5 Å². The zero-order chi connectivity index (χ0) is 16.6. The van der Waals surface area contributed by atoms with Crippen LogP contribution in [0, 0.1) is 5.92 Å². The molecule has 0 fully saturated rings. The normalized spacial score (nSPS) is 12.4. The van der Waals surface area contributed by atoms with E-state index in [9.17, 15) is 15.0 Å². The maximum Gasteiger partial charge on any atom is 0.234 e. The fourth-order valence-electron chi connectivity index (χ4n) is 2.78. The van der Waals surface area contributed by atoms with Gasteiger partial charge in [0.15, 0.2) is 11.5 Å². The first-order valence-electron chi connectivity index (χ1n) is 7.38. The molecule has 0 bridgehead atoms. The van der Waals surface area contributed by atoms with Crippen molar-refractivity contribution in [2.24, 2.45) is 5.92 Å². The molecule has 23 heavy (non-hydrogen) atoms. The molecular weight excluding hydrogens is 292 g/mol. The number of rotatable bonds is 3. The number of hydrogen-bond donors (Lipinski definition) is 3. The van der Waals surface area contributed by atoms with Crippen molar-refractivity contribution < 1.29 is 15.0 Å². The first-order chi connectivity index (χ1) is 11.0. The minimum atomic E-state index is -0.297. The smallest absolute Gasteiger partial charge is 0.234 e. The fourth-order valence-corrected chi connectivity index (χ4v) is 2.78. The molecule has 0 saturated heterocycles. The van der Waals surface area contributed by atoms with Gasteiger partial charge in [-0.25, -0.2) is 0 Å². The van der Waals surface area contributed by atoms with Crippen LogP contribution in [0.1, 0.15) is 17.3 Å². The molecule has 1 aromatic heterocycles. The molecule has 4 N–H and O–H groups in total. The van der Waals surface area contributed by atoms with Crippen molar-refractivity contribution in [3.8, 4) is 11.5 Å². The Labute approximate surface area is 133 Å². The van der Waals surface area contributed by atoms with Crippen molar-refractivity contribution in [1.82, 2.24) is 4.57 Å². The predicted molar refractivity (Wildman–Crippen MR) is 89.6 cm³/mol. The Balaban J connectivity index is 1.88. The van der Waals surface area contributed by atoms with Crippen LogP contribution >= 0.6 is 0 Å². The van der Waals surface area contributed by atoms with Gasteiger partial charge in [-0.05, 0) is 36.2 Å². The van der Waals surface area contributed by atoms with E-state index < -0.39 is 0 Å². The van der Waals surface area contributed by atoms with Gasteiger partial charge in [-0.15, -0.1) is 0 Å². The summed E-state index contributed by atoms with van der Waals surface area (Å²) in [5, 5.41) is 19.8. The Morgan fingerprint density at radius 3 is 2.70 bits per heavy atom. The largest absolute Gasteiger partial charge is 0.504 e. The molecule has 1 unspecified atom stereocenters. The monoisotopic (exact) mass is 310 g/mol. The second-order valence-electron chi connectivity index (χ2n) is 5.74. The van der Waals surface area contributed by atoms with Gasteiger partial charge < -0.3 is 15.9 Å². The number of aromatic nitrogens is 1. The number of nitrogen functional groups attached to an aromatic ring is 1. The van der Waals surface area contributed by atoms with Gasteiger partial charge in [-0.2, -0.15) is 0 Å². The average Bonchev–Trinajstić information content (AvgIpc) is 2.95. The number of nitrogens with two attached hydrogens (primary N) is 1. The third-order valence-corrected chi connectivity index (χ3v) is 3.98. The summed E-state index contributed by atoms with van der Waals surface area (Å²) in [5.74, 6) is -0.714. The molecule has 5 heteroatoms. The van der Waals surface area contributed by atoms with Crippen molar-refractivity contribution in [2.45, 2.75) is 13.3 Å². The van der Waals surface area contributed by atoms with Gasteiger partial charge in [0.1, 0.15) is 0 Å². The zero-order valence-electron chi connectivity index (χ0n) is 12.7. The lowest BCUT2D eigenvalue weighted by atomic mass is 10.00. The SMILES string of the molecule is CC(Cc1ccc(O)c(O)c1)C(=O)n1ccc2cccc(N)c21. The van der Waals surface area contributed by atoms with Gasteiger partial charge in [0.2, 0.25) is 5.91 Å². The van der Waals surface area contributed by atoms with Gasteiger partial charge in [0, 0.05) is 17.5 Å². The summed E-state index contributed by atoms with van der Waals surface area (Å²) in [6.45, 7) is 1.83. The summed E-state index contributed by atoms with van der Waals surface area (Å²) in [6.07, 6.45) is 2.19. The number of anilines is 1. The van der Waals surface area contributed by atoms with Crippen LogP contribution in [0.25, 0.3) is 10.9 Å². The van der Waals surface area contributed by atoms with Gasteiger partial charge >= 0.3 is 0 Å². The molecule has 0 aliphatic rings. The molecule has 0 aliphatic carbocycles. The third kappa shape index (κ3) is 2.73. The van der Waals surface area contributed by atoms with Crippen LogP contribution in [-0.4, -0.2) is 20.7 Å². The molecule has 3 rings (SSSR count). The highest BCUT2D eigenvalue weighted by molar-refractivity contribution is 5.99. The molecule has 0 spiro atoms. The van der Waals surface area contributed by atoms with E-state index in [0.29, 0.717) is 12.1 Å². The summed E-state index contributed by atoms with van der Waals surface area (Å²) in [6, 6.07) is 12.0. The summed E-state index contributed by atoms with van der Waals surface area (Å²) in [5.41, 5.74) is 8.06. The van der Waals surface area contributed by atoms with E-state index >= 15 is 0 Å². The maximum absolute atomic E-state index is 12.7. The van der Waals surface area contributed by atoms with Crippen LogP contribution in [0.5, 0.6) is 11.5 Å². The number of fused-ring (bicyclic) bond motifs is 1. The number of phenolic OH excluding ortho intramolecular Hbond substituents is 2. The highest BCUT2D eigenvalue weighted by atomic mass is 16.3. The van der Waals surface area contributed by atoms with Crippen LogP contribution in [0.15, 0.2) is 48.7 Å². The van der Waals surface area contributed by atoms with Crippen molar-refractivity contribution in [2.75, 3.05) is 5.73 Å². The molecule has 1 heterocycles. The predicted octanol–water partition coefficient (Wildman–Crippen LogP) is 3.15. The van der Waals surface area contributed by atoms with Gasteiger partial charge in [-0.3, -0.25) is 9.36 Å². The van der Waals surface area contributed by atoms with Crippen LogP contribution in [0.3, 0.4) is 0 Å². The van der Waals surface area contributed by atoms with Crippen LogP contribution in [0.2, 0.25) is 0 Å². The minimum Gasteiger partial charge on any atom is -0.504 e. The lowest BCUT2D eigenvalue weighted by Gasteiger charge is -2.13. The standard InChI is InChI=1S/C18H18N2O3/c1-11(9-12-5-6-15(21)16(22)10-12)18(23)20-8-7-13-3-2-4-14(19)17(13)20/h2-8,10-11,21-22H,9,19H2,1H3. The van der Waals surface area contributed by atoms with E-state index in [4.69, 9.17) is 5.73 Å². The maximum atomic E-state index is 12.7. The van der Waals surface area contributed by atoms with Gasteiger partial charge in [0.25, 0.3) is 0 Å². The summed E-state index contributed by atoms with van der Waals surface area (Å²) in [7, 11) is 0. The highest BCUT2D eigenvalue weighted by Gasteiger charge is 2.18. The lowest BCUT2D eigenvalue weighted by Crippen LogP contribution is -2.20. The Hall–Kier alpha value is -2.95.